The van der Waals surface area contributed by atoms with E-state index in [2.05, 4.69) is 10.5 Å². The summed E-state index contributed by atoms with van der Waals surface area (Å²) in [4.78, 5) is 37.6. The quantitative estimate of drug-likeness (QED) is 0.0878. The number of nitrogens with one attached hydrogen (secondary N) is 1. The first-order valence-electron chi connectivity index (χ1n) is 12.4. The molecular formula is C31H26N2O9. The first kappa shape index (κ1) is 29.2. The monoisotopic (exact) mass is 570 g/mol. The maximum absolute atomic E-state index is 13.0. The summed E-state index contributed by atoms with van der Waals surface area (Å²) in [5, 5.41) is 3.89. The van der Waals surface area contributed by atoms with Gasteiger partial charge in [-0.3, -0.25) is 4.79 Å². The van der Waals surface area contributed by atoms with Gasteiger partial charge in [0.05, 0.1) is 39.4 Å². The number of ether oxygens (including phenoxy) is 5. The molecule has 0 saturated carbocycles. The molecule has 1 amide bonds. The molecule has 0 saturated heterocycles. The van der Waals surface area contributed by atoms with Crippen LogP contribution in [0.25, 0.3) is 6.08 Å². The summed E-state index contributed by atoms with van der Waals surface area (Å²) in [6.07, 6.45) is 5.36. The SMILES string of the molecule is COc1cc(C(=O)Oc2ccccc2/C=C/C(=O)Oc2ccccc2/C=N/NC(=O)c2ccco2)cc(OC)c1OC. The smallest absolute Gasteiger partial charge is 0.343 e. The van der Waals surface area contributed by atoms with Crippen molar-refractivity contribution in [1.29, 1.82) is 0 Å². The fourth-order valence-electron chi connectivity index (χ4n) is 3.67. The van der Waals surface area contributed by atoms with Gasteiger partial charge in [-0.15, -0.1) is 0 Å². The van der Waals surface area contributed by atoms with Gasteiger partial charge in [-0.2, -0.15) is 5.10 Å². The number of carbonyl (C=O) groups excluding carboxylic acids is 3. The minimum absolute atomic E-state index is 0.103. The summed E-state index contributed by atoms with van der Waals surface area (Å²) >= 11 is 0. The lowest BCUT2D eigenvalue weighted by molar-refractivity contribution is -0.128. The van der Waals surface area contributed by atoms with Gasteiger partial charge in [0.25, 0.3) is 0 Å². The Bertz CT molecular complexity index is 1600. The Morgan fingerprint density at radius 1 is 0.762 bits per heavy atom. The number of para-hydroxylation sites is 2. The van der Waals surface area contributed by atoms with E-state index in [1.54, 1.807) is 54.6 Å². The van der Waals surface area contributed by atoms with Crippen LogP contribution in [0.4, 0.5) is 0 Å². The fraction of sp³-hybridized carbons (Fsp3) is 0.0968. The van der Waals surface area contributed by atoms with Crippen LogP contribution in [-0.2, 0) is 4.79 Å². The summed E-state index contributed by atoms with van der Waals surface area (Å²) in [5.74, 6) is -0.443. The summed E-state index contributed by atoms with van der Waals surface area (Å²) in [5.41, 5.74) is 3.39. The Labute approximate surface area is 240 Å². The number of amides is 1. The van der Waals surface area contributed by atoms with E-state index in [1.807, 2.05) is 0 Å². The van der Waals surface area contributed by atoms with E-state index in [4.69, 9.17) is 28.1 Å². The maximum atomic E-state index is 13.0. The van der Waals surface area contributed by atoms with Crippen LogP contribution in [0.15, 0.2) is 94.7 Å². The number of hydrogen-bond acceptors (Lipinski definition) is 10. The number of esters is 2. The van der Waals surface area contributed by atoms with Crippen molar-refractivity contribution in [1.82, 2.24) is 5.43 Å². The van der Waals surface area contributed by atoms with Crippen molar-refractivity contribution in [3.05, 3.63) is 108 Å². The molecule has 1 heterocycles. The minimum Gasteiger partial charge on any atom is -0.493 e. The van der Waals surface area contributed by atoms with Crippen LogP contribution in [-0.4, -0.2) is 45.4 Å². The highest BCUT2D eigenvalue weighted by molar-refractivity contribution is 5.95. The molecule has 42 heavy (non-hydrogen) atoms. The molecule has 0 aliphatic heterocycles. The molecule has 0 radical (unpaired) electrons. The predicted molar refractivity (Wildman–Crippen MR) is 152 cm³/mol. The van der Waals surface area contributed by atoms with E-state index in [9.17, 15) is 14.4 Å². The molecule has 0 bridgehead atoms. The Morgan fingerprint density at radius 3 is 2.02 bits per heavy atom. The molecular weight excluding hydrogens is 544 g/mol. The van der Waals surface area contributed by atoms with Gasteiger partial charge in [-0.25, -0.2) is 15.0 Å². The summed E-state index contributed by atoms with van der Waals surface area (Å²) in [6, 6.07) is 19.3. The van der Waals surface area contributed by atoms with E-state index < -0.39 is 17.8 Å². The largest absolute Gasteiger partial charge is 0.493 e. The van der Waals surface area contributed by atoms with Gasteiger partial charge in [0.1, 0.15) is 11.5 Å². The Balaban J connectivity index is 1.45. The third-order valence-electron chi connectivity index (χ3n) is 5.67. The first-order chi connectivity index (χ1) is 20.4. The van der Waals surface area contributed by atoms with E-state index in [0.717, 1.165) is 0 Å². The Hall–Kier alpha value is -5.84. The van der Waals surface area contributed by atoms with Crippen molar-refractivity contribution in [2.75, 3.05) is 21.3 Å². The molecule has 1 N–H and O–H groups in total. The van der Waals surface area contributed by atoms with E-state index in [1.165, 1.54) is 64.2 Å². The Morgan fingerprint density at radius 2 is 1.40 bits per heavy atom. The number of hydrogen-bond donors (Lipinski definition) is 1. The molecule has 0 spiro atoms. The van der Waals surface area contributed by atoms with E-state index >= 15 is 0 Å². The predicted octanol–water partition coefficient (Wildman–Crippen LogP) is 4.91. The zero-order valence-corrected chi connectivity index (χ0v) is 22.9. The van der Waals surface area contributed by atoms with Crippen molar-refractivity contribution in [3.63, 3.8) is 0 Å². The molecule has 11 heteroatoms. The van der Waals surface area contributed by atoms with Crippen LogP contribution in [0.5, 0.6) is 28.7 Å². The molecule has 0 fully saturated rings. The van der Waals surface area contributed by atoms with Gasteiger partial charge in [-0.1, -0.05) is 30.3 Å². The number of furan rings is 1. The highest BCUT2D eigenvalue weighted by Crippen LogP contribution is 2.38. The lowest BCUT2D eigenvalue weighted by atomic mass is 10.1. The van der Waals surface area contributed by atoms with Crippen LogP contribution in [0.2, 0.25) is 0 Å². The number of carbonyl (C=O) groups is 3. The third-order valence-corrected chi connectivity index (χ3v) is 5.67. The van der Waals surface area contributed by atoms with Gasteiger partial charge in [0.15, 0.2) is 17.3 Å². The fourth-order valence-corrected chi connectivity index (χ4v) is 3.67. The lowest BCUT2D eigenvalue weighted by Gasteiger charge is -2.14. The number of hydrazone groups is 1. The molecule has 0 aliphatic carbocycles. The second kappa shape index (κ2) is 14.0. The normalized spacial score (nSPS) is 10.8. The third kappa shape index (κ3) is 7.21. The molecule has 1 aromatic heterocycles. The van der Waals surface area contributed by atoms with Gasteiger partial charge in [0, 0.05) is 17.2 Å². The number of nitrogens with zero attached hydrogens (tertiary/aromatic N) is 1. The molecule has 214 valence electrons. The van der Waals surface area contributed by atoms with E-state index in [-0.39, 0.29) is 22.8 Å². The second-order valence-electron chi connectivity index (χ2n) is 8.31. The molecule has 0 atom stereocenters. The molecule has 4 rings (SSSR count). The lowest BCUT2D eigenvalue weighted by Crippen LogP contribution is -2.16. The number of benzene rings is 3. The van der Waals surface area contributed by atoms with Crippen LogP contribution in [0.3, 0.4) is 0 Å². The number of methoxy groups -OCH3 is 3. The maximum Gasteiger partial charge on any atom is 0.343 e. The van der Waals surface area contributed by atoms with Crippen LogP contribution < -0.4 is 29.1 Å². The van der Waals surface area contributed by atoms with Gasteiger partial charge in [0.2, 0.25) is 5.75 Å². The summed E-state index contributed by atoms with van der Waals surface area (Å²) in [7, 11) is 4.34. The van der Waals surface area contributed by atoms with Crippen LogP contribution in [0.1, 0.15) is 32.0 Å². The van der Waals surface area contributed by atoms with Gasteiger partial charge in [-0.05, 0) is 48.5 Å². The molecule has 3 aromatic carbocycles. The van der Waals surface area contributed by atoms with E-state index in [0.29, 0.717) is 28.4 Å². The molecule has 4 aromatic rings. The summed E-state index contributed by atoms with van der Waals surface area (Å²) < 4.78 is 32.0. The highest BCUT2D eigenvalue weighted by atomic mass is 16.5. The number of rotatable bonds is 11. The second-order valence-corrected chi connectivity index (χ2v) is 8.31. The standard InChI is InChI=1S/C31H26N2O9/c1-37-26-17-22(18-27(38-2)29(26)39-3)31(36)42-23-11-6-4-9-20(23)14-15-28(34)41-24-12-7-5-10-21(24)19-32-33-30(35)25-13-8-16-40-25/h4-19H,1-3H3,(H,33,35)/b15-14+,32-19+. The molecule has 0 aliphatic rings. The van der Waals surface area contributed by atoms with Crippen molar-refractivity contribution in [3.8, 4) is 28.7 Å². The molecule has 0 unspecified atom stereocenters. The van der Waals surface area contributed by atoms with Gasteiger partial charge >= 0.3 is 17.8 Å². The Kier molecular flexibility index (Phi) is 9.71. The highest BCUT2D eigenvalue weighted by Gasteiger charge is 2.19. The molecule has 11 nitrogen and oxygen atoms in total. The zero-order valence-electron chi connectivity index (χ0n) is 22.9. The average molecular weight is 571 g/mol. The van der Waals surface area contributed by atoms with Crippen LogP contribution >= 0.6 is 0 Å². The minimum atomic E-state index is -0.693. The van der Waals surface area contributed by atoms with Crippen molar-refractivity contribution in [2.45, 2.75) is 0 Å². The average Bonchev–Trinajstić information content (AvgIpc) is 3.56. The first-order valence-corrected chi connectivity index (χ1v) is 12.4. The van der Waals surface area contributed by atoms with Gasteiger partial charge < -0.3 is 28.1 Å². The van der Waals surface area contributed by atoms with Crippen molar-refractivity contribution >= 4 is 30.1 Å². The van der Waals surface area contributed by atoms with Crippen molar-refractivity contribution < 1.29 is 42.5 Å². The zero-order chi connectivity index (χ0) is 29.9. The van der Waals surface area contributed by atoms with Crippen LogP contribution in [0, 0.1) is 0 Å². The van der Waals surface area contributed by atoms with Crippen molar-refractivity contribution in [2.24, 2.45) is 5.10 Å². The summed E-state index contributed by atoms with van der Waals surface area (Å²) in [6.45, 7) is 0. The topological polar surface area (TPSA) is 135 Å².